The largest absolute Gasteiger partial charge is 0.168 e. The van der Waals surface area contributed by atoms with Crippen molar-refractivity contribution < 1.29 is 0 Å². The van der Waals surface area contributed by atoms with E-state index in [0.29, 0.717) is 0 Å². The van der Waals surface area contributed by atoms with Crippen LogP contribution in [0, 0.1) is 0 Å². The third-order valence-corrected chi connectivity index (χ3v) is 0. The number of hydrogen-bond acceptors (Lipinski definition) is 0. The van der Waals surface area contributed by atoms with E-state index in [1.54, 1.807) is 0 Å². The van der Waals surface area contributed by atoms with Gasteiger partial charge in [0.1, 0.15) is 7.38 Å². The van der Waals surface area contributed by atoms with Gasteiger partial charge in [0, 0.05) is 8.41 Å². The van der Waals surface area contributed by atoms with Crippen molar-refractivity contribution in [2.75, 3.05) is 0 Å². The van der Waals surface area contributed by atoms with Crippen LogP contribution >= 0.6 is 11.1 Å². The fraction of sp³-hybridized carbons (Fsp3) is 1.00. The zero-order chi connectivity index (χ0) is 4.50. The van der Waals surface area contributed by atoms with Crippen molar-refractivity contribution in [2.45, 2.75) is 19.6 Å². The second kappa shape index (κ2) is 2.70. The summed E-state index contributed by atoms with van der Waals surface area (Å²) in [7, 11) is -1.14. The second-order valence-electron chi connectivity index (χ2n) is 2.07. The van der Waals surface area contributed by atoms with Crippen LogP contribution in [-0.2, 0) is 0 Å². The van der Waals surface area contributed by atoms with Gasteiger partial charge in [0.2, 0.25) is 0 Å². The van der Waals surface area contributed by atoms with Crippen molar-refractivity contribution in [1.82, 2.24) is 0 Å². The second-order valence-corrected chi connectivity index (χ2v) is 9.60. The quantitative estimate of drug-likeness (QED) is 0.336. The van der Waals surface area contributed by atoms with Gasteiger partial charge >= 0.3 is 0 Å². The van der Waals surface area contributed by atoms with Crippen LogP contribution in [0.25, 0.3) is 0 Å². The van der Waals surface area contributed by atoms with E-state index >= 15 is 0 Å². The Morgan fingerprint density at radius 3 is 1.17 bits per heavy atom. The Morgan fingerprint density at radius 1 is 1.17 bits per heavy atom. The smallest absolute Gasteiger partial charge is 0.147 e. The lowest BCUT2D eigenvalue weighted by Gasteiger charge is -1.97. The number of halogens is 1. The molecular weight excluding hydrogens is 110 g/mol. The third kappa shape index (κ3) is 178. The predicted octanol–water partition coefficient (Wildman–Crippen LogP) is 1.68. The summed E-state index contributed by atoms with van der Waals surface area (Å²) in [6.07, 6.45) is 0. The van der Waals surface area contributed by atoms with Gasteiger partial charge in [-0.3, -0.25) is 0 Å². The van der Waals surface area contributed by atoms with E-state index in [1.165, 1.54) is 0 Å². The summed E-state index contributed by atoms with van der Waals surface area (Å²) in [6, 6.07) is 0. The fourth-order valence-electron chi connectivity index (χ4n) is 0. The molecule has 0 atom stereocenters. The van der Waals surface area contributed by atoms with E-state index < -0.39 is 7.38 Å². The molecule has 3 radical (unpaired) electrons. The minimum atomic E-state index is -1.14. The number of rotatable bonds is 0. The molecule has 0 heterocycles. The summed E-state index contributed by atoms with van der Waals surface area (Å²) in [5.74, 6) is 0. The maximum Gasteiger partial charge on any atom is 0.147 e. The molecule has 0 fully saturated rings. The highest BCUT2D eigenvalue weighted by molar-refractivity contribution is 7.18. The standard InChI is InChI=1S/C3H9ClSi.B/c1-5(2,3)4;/h1-3H3;. The first-order valence-corrected chi connectivity index (χ1v) is 6.20. The van der Waals surface area contributed by atoms with Crippen LogP contribution in [0.2, 0.25) is 19.6 Å². The summed E-state index contributed by atoms with van der Waals surface area (Å²) >= 11 is 5.67. The maximum atomic E-state index is 5.67. The molecule has 0 saturated heterocycles. The average molecular weight is 119 g/mol. The van der Waals surface area contributed by atoms with Crippen molar-refractivity contribution in [2.24, 2.45) is 0 Å². The molecule has 0 aliphatic carbocycles. The van der Waals surface area contributed by atoms with Gasteiger partial charge < -0.3 is 0 Å². The van der Waals surface area contributed by atoms with Crippen molar-refractivity contribution in [3.63, 3.8) is 0 Å². The molecule has 0 aliphatic rings. The summed E-state index contributed by atoms with van der Waals surface area (Å²) in [5, 5.41) is 0. The minimum Gasteiger partial charge on any atom is -0.168 e. The van der Waals surface area contributed by atoms with Crippen LogP contribution in [0.4, 0.5) is 0 Å². The summed E-state index contributed by atoms with van der Waals surface area (Å²) in [4.78, 5) is 0. The van der Waals surface area contributed by atoms with Crippen molar-refractivity contribution >= 4 is 26.9 Å². The van der Waals surface area contributed by atoms with Crippen LogP contribution in [0.5, 0.6) is 0 Å². The highest BCUT2D eigenvalue weighted by Gasteiger charge is 2.04. The van der Waals surface area contributed by atoms with E-state index in [9.17, 15) is 0 Å². The molecule has 0 N–H and O–H groups in total. The Hall–Kier alpha value is 0.572. The molecule has 0 aromatic heterocycles. The lowest BCUT2D eigenvalue weighted by Crippen LogP contribution is -2.06. The molecule has 0 saturated carbocycles. The first-order chi connectivity index (χ1) is 2.00. The molecule has 0 aliphatic heterocycles. The molecule has 0 rings (SSSR count). The van der Waals surface area contributed by atoms with Crippen molar-refractivity contribution in [3.8, 4) is 0 Å². The van der Waals surface area contributed by atoms with Gasteiger partial charge in [0.05, 0.1) is 0 Å². The van der Waals surface area contributed by atoms with Crippen LogP contribution in [-0.4, -0.2) is 15.8 Å². The Morgan fingerprint density at radius 2 is 1.17 bits per heavy atom. The summed E-state index contributed by atoms with van der Waals surface area (Å²) < 4.78 is 0. The fourth-order valence-corrected chi connectivity index (χ4v) is 0. The van der Waals surface area contributed by atoms with Crippen LogP contribution < -0.4 is 0 Å². The molecule has 3 heteroatoms. The zero-order valence-corrected chi connectivity index (χ0v) is 6.21. The van der Waals surface area contributed by atoms with Crippen LogP contribution in [0.1, 0.15) is 0 Å². The Balaban J connectivity index is 0. The van der Waals surface area contributed by atoms with Crippen molar-refractivity contribution in [3.05, 3.63) is 0 Å². The molecule has 0 amide bonds. The highest BCUT2D eigenvalue weighted by Crippen LogP contribution is 2.03. The number of hydrogen-bond donors (Lipinski definition) is 0. The Bertz CT molecular complexity index is 26.3. The molecule has 0 bridgehead atoms. The zero-order valence-electron chi connectivity index (χ0n) is 4.46. The maximum absolute atomic E-state index is 5.67. The monoisotopic (exact) mass is 119 g/mol. The van der Waals surface area contributed by atoms with Gasteiger partial charge in [-0.05, 0) is 0 Å². The van der Waals surface area contributed by atoms with Gasteiger partial charge in [-0.25, -0.2) is 0 Å². The molecule has 35 valence electrons. The molecule has 0 nitrogen and oxygen atoms in total. The topological polar surface area (TPSA) is 0 Å². The molecule has 6 heavy (non-hydrogen) atoms. The minimum absolute atomic E-state index is 0. The van der Waals surface area contributed by atoms with Gasteiger partial charge in [0.25, 0.3) is 0 Å². The van der Waals surface area contributed by atoms with E-state index in [1.807, 2.05) is 0 Å². The van der Waals surface area contributed by atoms with E-state index in [4.69, 9.17) is 11.1 Å². The Kier molecular flexibility index (Phi) is 4.39. The first kappa shape index (κ1) is 9.76. The molecule has 0 aromatic carbocycles. The lowest BCUT2D eigenvalue weighted by atomic mass is 10.8. The Labute approximate surface area is 47.2 Å². The van der Waals surface area contributed by atoms with Gasteiger partial charge in [-0.2, -0.15) is 11.1 Å². The van der Waals surface area contributed by atoms with Gasteiger partial charge in [-0.15, -0.1) is 0 Å². The molecular formula is C3H9BClSi. The molecule has 0 spiro atoms. The highest BCUT2D eigenvalue weighted by atomic mass is 35.6. The van der Waals surface area contributed by atoms with Crippen LogP contribution in [0.3, 0.4) is 0 Å². The first-order valence-electron chi connectivity index (χ1n) is 1.69. The predicted molar refractivity (Wildman–Crippen MR) is 35.0 cm³/mol. The summed E-state index contributed by atoms with van der Waals surface area (Å²) in [6.45, 7) is 6.28. The lowest BCUT2D eigenvalue weighted by molar-refractivity contribution is 1.87. The van der Waals surface area contributed by atoms with Crippen LogP contribution in [0.15, 0.2) is 0 Å². The molecule has 0 aromatic rings. The van der Waals surface area contributed by atoms with Crippen molar-refractivity contribution in [1.29, 1.82) is 0 Å². The van der Waals surface area contributed by atoms with E-state index in [-0.39, 0.29) is 8.41 Å². The SMILES string of the molecule is C[Si](C)(C)Cl.[B]. The normalized spacial score (nSPS) is 10.0. The van der Waals surface area contributed by atoms with Gasteiger partial charge in [-0.1, -0.05) is 19.6 Å². The van der Waals surface area contributed by atoms with E-state index in [0.717, 1.165) is 0 Å². The molecule has 0 unspecified atom stereocenters. The summed E-state index contributed by atoms with van der Waals surface area (Å²) in [5.41, 5.74) is 0. The average Bonchev–Trinajstić information content (AvgIpc) is 0.722. The van der Waals surface area contributed by atoms with E-state index in [2.05, 4.69) is 19.6 Å². The van der Waals surface area contributed by atoms with Gasteiger partial charge in [0.15, 0.2) is 0 Å². The third-order valence-electron chi connectivity index (χ3n) is 0.